The Kier molecular flexibility index (Phi) is 5.44. The van der Waals surface area contributed by atoms with Crippen LogP contribution >= 0.6 is 0 Å². The number of allylic oxidation sites excluding steroid dienone is 1. The van der Waals surface area contributed by atoms with Crippen molar-refractivity contribution in [3.05, 3.63) is 11.6 Å². The average Bonchev–Trinajstić information content (AvgIpc) is 3.52. The molecule has 6 unspecified atom stereocenters. The molecule has 6 aliphatic rings. The van der Waals surface area contributed by atoms with Gasteiger partial charge in [-0.3, -0.25) is 9.59 Å². The van der Waals surface area contributed by atoms with Crippen LogP contribution in [-0.4, -0.2) is 45.8 Å². The predicted octanol–water partition coefficient (Wildman–Crippen LogP) is 4.52. The van der Waals surface area contributed by atoms with Gasteiger partial charge in [-0.2, -0.15) is 0 Å². The van der Waals surface area contributed by atoms with Crippen molar-refractivity contribution < 1.29 is 24.6 Å². The molecule has 6 nitrogen and oxygen atoms in total. The van der Waals surface area contributed by atoms with Crippen LogP contribution in [0.2, 0.25) is 0 Å². The van der Waals surface area contributed by atoms with E-state index in [4.69, 9.17) is 4.84 Å². The average molecular weight is 484 g/mol. The van der Waals surface area contributed by atoms with Gasteiger partial charge in [-0.15, -0.1) is 0 Å². The summed E-state index contributed by atoms with van der Waals surface area (Å²) in [6.07, 6.45) is 12.9. The van der Waals surface area contributed by atoms with Gasteiger partial charge in [-0.25, -0.2) is 0 Å². The highest BCUT2D eigenvalue weighted by Crippen LogP contribution is 2.67. The Balaban J connectivity index is 1.17. The molecule has 0 aliphatic heterocycles. The molecule has 6 rings (SSSR count). The quantitative estimate of drug-likeness (QED) is 0.574. The second-order valence-corrected chi connectivity index (χ2v) is 13.3. The van der Waals surface area contributed by atoms with Crippen LogP contribution in [0.15, 0.2) is 16.8 Å². The van der Waals surface area contributed by atoms with E-state index in [1.165, 1.54) is 31.3 Å². The Hall–Kier alpha value is -1.53. The number of aliphatic hydroxyl groups excluding tert-OH is 1. The Morgan fingerprint density at radius 2 is 1.80 bits per heavy atom. The number of oxime groups is 1. The number of ketones is 2. The van der Waals surface area contributed by atoms with Crippen LogP contribution in [0.5, 0.6) is 0 Å². The Morgan fingerprint density at radius 3 is 2.51 bits per heavy atom. The summed E-state index contributed by atoms with van der Waals surface area (Å²) < 4.78 is 0. The van der Waals surface area contributed by atoms with Gasteiger partial charge in [0.1, 0.15) is 5.60 Å². The Morgan fingerprint density at radius 1 is 1.06 bits per heavy atom. The van der Waals surface area contributed by atoms with Crippen molar-refractivity contribution in [2.24, 2.45) is 39.2 Å². The topological polar surface area (TPSA) is 96.2 Å². The molecular weight excluding hydrogens is 442 g/mol. The summed E-state index contributed by atoms with van der Waals surface area (Å²) >= 11 is 0. The summed E-state index contributed by atoms with van der Waals surface area (Å²) in [5.74, 6) is 0.419. The fraction of sp³-hybridized carbons (Fsp3) is 0.828. The molecule has 1 spiro atoms. The number of hydrogen-bond acceptors (Lipinski definition) is 6. The predicted molar refractivity (Wildman–Crippen MR) is 132 cm³/mol. The summed E-state index contributed by atoms with van der Waals surface area (Å²) in [5, 5.41) is 27.6. The van der Waals surface area contributed by atoms with E-state index in [2.05, 4.69) is 12.1 Å². The fourth-order valence-electron chi connectivity index (χ4n) is 9.29. The van der Waals surface area contributed by atoms with E-state index in [0.717, 1.165) is 44.2 Å². The second-order valence-electron chi connectivity index (χ2n) is 13.3. The lowest BCUT2D eigenvalue weighted by atomic mass is 9.45. The van der Waals surface area contributed by atoms with Gasteiger partial charge < -0.3 is 15.1 Å². The molecule has 0 aromatic rings. The van der Waals surface area contributed by atoms with Gasteiger partial charge in [0.25, 0.3) is 0 Å². The molecule has 192 valence electrons. The van der Waals surface area contributed by atoms with E-state index in [0.29, 0.717) is 24.7 Å². The van der Waals surface area contributed by atoms with E-state index in [1.54, 1.807) is 0 Å². The first-order valence-electron chi connectivity index (χ1n) is 14.0. The molecule has 0 aromatic carbocycles. The van der Waals surface area contributed by atoms with Crippen LogP contribution in [-0.2, 0) is 14.4 Å². The van der Waals surface area contributed by atoms with E-state index in [1.807, 2.05) is 13.0 Å². The smallest absolute Gasteiger partial charge is 0.204 e. The molecule has 6 heteroatoms. The number of carbonyl (C=O) groups is 2. The summed E-state index contributed by atoms with van der Waals surface area (Å²) in [7, 11) is 0. The van der Waals surface area contributed by atoms with Crippen molar-refractivity contribution in [2.75, 3.05) is 6.61 Å². The zero-order valence-corrected chi connectivity index (χ0v) is 21.4. The lowest BCUT2D eigenvalue weighted by molar-refractivity contribution is -0.183. The van der Waals surface area contributed by atoms with Crippen molar-refractivity contribution in [1.82, 2.24) is 0 Å². The molecule has 5 saturated carbocycles. The highest BCUT2D eigenvalue weighted by molar-refractivity contribution is 5.92. The highest BCUT2D eigenvalue weighted by atomic mass is 16.6. The van der Waals surface area contributed by atoms with Crippen LogP contribution < -0.4 is 0 Å². The standard InChI is InChI=1S/C29H41NO5/c1-26-9-7-20(31)15-18(26)3-4-21-22-8-12-29(34,27(22,2)16-23(32)25(21)26)24(33)17-35-30-19-5-10-28(11-6-19)13-14-28/h15,21-23,25,32,34H,3-14,16-17H2,1-2H3/t21?,22?,23?,25?,26?,27?,29-/m0/s1. The van der Waals surface area contributed by atoms with Gasteiger partial charge >= 0.3 is 0 Å². The number of hydrogen-bond donors (Lipinski definition) is 2. The normalized spacial score (nSPS) is 45.8. The minimum Gasteiger partial charge on any atom is -0.393 e. The largest absolute Gasteiger partial charge is 0.393 e. The van der Waals surface area contributed by atoms with Crippen molar-refractivity contribution >= 4 is 17.3 Å². The number of nitrogens with zero attached hydrogens (tertiary/aromatic N) is 1. The summed E-state index contributed by atoms with van der Waals surface area (Å²) in [6, 6.07) is 0. The molecule has 0 aromatic heterocycles. The lowest BCUT2D eigenvalue weighted by Crippen LogP contribution is -2.62. The van der Waals surface area contributed by atoms with Crippen molar-refractivity contribution in [1.29, 1.82) is 0 Å². The van der Waals surface area contributed by atoms with Gasteiger partial charge in [0.15, 0.2) is 12.4 Å². The summed E-state index contributed by atoms with van der Waals surface area (Å²) in [6.45, 7) is 4.04. The second kappa shape index (κ2) is 7.98. The maximum atomic E-state index is 13.4. The third-order valence-electron chi connectivity index (χ3n) is 11.7. The monoisotopic (exact) mass is 483 g/mol. The maximum Gasteiger partial charge on any atom is 0.204 e. The van der Waals surface area contributed by atoms with Gasteiger partial charge in [-0.1, -0.05) is 24.6 Å². The van der Waals surface area contributed by atoms with E-state index >= 15 is 0 Å². The first-order chi connectivity index (χ1) is 16.6. The molecular formula is C29H41NO5. The molecule has 0 bridgehead atoms. The SMILES string of the molecule is CC12CCC(=O)C=C1CCC1C2C(O)CC2(C)C1CC[C@]2(O)C(=O)CON=C1CCC2(CC1)CC2. The van der Waals surface area contributed by atoms with Crippen LogP contribution in [0.3, 0.4) is 0 Å². The number of aliphatic hydroxyl groups is 2. The van der Waals surface area contributed by atoms with E-state index < -0.39 is 17.1 Å². The van der Waals surface area contributed by atoms with Gasteiger partial charge in [0.2, 0.25) is 5.78 Å². The first kappa shape index (κ1) is 23.8. The van der Waals surface area contributed by atoms with Crippen LogP contribution in [0.4, 0.5) is 0 Å². The molecule has 0 radical (unpaired) electrons. The summed E-state index contributed by atoms with van der Waals surface area (Å²) in [5.41, 5.74) is 0.488. The van der Waals surface area contributed by atoms with Crippen molar-refractivity contribution in [3.8, 4) is 0 Å². The van der Waals surface area contributed by atoms with Gasteiger partial charge in [0, 0.05) is 11.8 Å². The number of fused-ring (bicyclic) bond motifs is 5. The van der Waals surface area contributed by atoms with Crippen LogP contribution in [0.1, 0.15) is 97.3 Å². The van der Waals surface area contributed by atoms with Crippen LogP contribution in [0, 0.1) is 34.0 Å². The Bertz CT molecular complexity index is 985. The van der Waals surface area contributed by atoms with Gasteiger partial charge in [0.05, 0.1) is 11.8 Å². The number of Topliss-reactive ketones (excluding diaryl/α,β-unsaturated/α-hetero) is 1. The molecule has 5 fully saturated rings. The molecule has 2 N–H and O–H groups in total. The van der Waals surface area contributed by atoms with Gasteiger partial charge in [-0.05, 0) is 112 Å². The zero-order valence-electron chi connectivity index (χ0n) is 21.4. The third kappa shape index (κ3) is 3.53. The zero-order chi connectivity index (χ0) is 24.6. The fourth-order valence-corrected chi connectivity index (χ4v) is 9.29. The number of rotatable bonds is 4. The minimum atomic E-state index is -1.49. The van der Waals surface area contributed by atoms with Crippen molar-refractivity contribution in [2.45, 2.75) is 109 Å². The first-order valence-corrected chi connectivity index (χ1v) is 14.0. The van der Waals surface area contributed by atoms with Crippen molar-refractivity contribution in [3.63, 3.8) is 0 Å². The Labute approximate surface area is 208 Å². The maximum absolute atomic E-state index is 13.4. The highest BCUT2D eigenvalue weighted by Gasteiger charge is 2.68. The molecule has 7 atom stereocenters. The molecule has 35 heavy (non-hydrogen) atoms. The molecule has 0 heterocycles. The van der Waals surface area contributed by atoms with E-state index in [9.17, 15) is 19.8 Å². The third-order valence-corrected chi connectivity index (χ3v) is 11.7. The molecule has 6 aliphatic carbocycles. The van der Waals surface area contributed by atoms with Crippen LogP contribution in [0.25, 0.3) is 0 Å². The van der Waals surface area contributed by atoms with E-state index in [-0.39, 0.29) is 41.3 Å². The minimum absolute atomic E-state index is 0.0786. The number of carbonyl (C=O) groups excluding carboxylic acids is 2. The molecule has 0 saturated heterocycles. The summed E-state index contributed by atoms with van der Waals surface area (Å²) in [4.78, 5) is 31.0. The molecule has 0 amide bonds. The lowest BCUT2D eigenvalue weighted by Gasteiger charge is -2.60.